The minimum atomic E-state index is -4.48. The van der Waals surface area contributed by atoms with Crippen molar-refractivity contribution >= 4 is 66.6 Å². The number of aromatic amines is 1. The van der Waals surface area contributed by atoms with Gasteiger partial charge in [-0.3, -0.25) is 4.79 Å². The number of nitrogens with one attached hydrogen (secondary N) is 7. The molecule has 4 heterocycles. The highest BCUT2D eigenvalue weighted by Gasteiger charge is 2.31. The highest BCUT2D eigenvalue weighted by atomic mass is 19.4. The van der Waals surface area contributed by atoms with Crippen LogP contribution in [0, 0.1) is 18.8 Å². The van der Waals surface area contributed by atoms with Crippen molar-refractivity contribution in [3.63, 3.8) is 0 Å². The van der Waals surface area contributed by atoms with Crippen LogP contribution in [0.2, 0.25) is 0 Å². The maximum absolute atomic E-state index is 14.6. The average molecular weight is 1010 g/mol. The number of anilines is 3. The molecular weight excluding hydrogens is 947 g/mol. The van der Waals surface area contributed by atoms with E-state index in [1.807, 2.05) is 12.3 Å². The summed E-state index contributed by atoms with van der Waals surface area (Å²) in [4.78, 5) is 20.8. The van der Waals surface area contributed by atoms with Gasteiger partial charge in [-0.15, -0.1) is 0 Å². The number of pyridine rings is 1. The number of aryl methyl sites for hydroxylation is 1. The number of benzene rings is 4. The molecule has 73 heavy (non-hydrogen) atoms. The Labute approximate surface area is 421 Å². The Kier molecular flexibility index (Phi) is 18.5. The highest BCUT2D eigenvalue weighted by Crippen LogP contribution is 2.38. The van der Waals surface area contributed by atoms with E-state index in [4.69, 9.17) is 28.7 Å². The van der Waals surface area contributed by atoms with Gasteiger partial charge in [-0.05, 0) is 110 Å². The first-order valence-electron chi connectivity index (χ1n) is 24.6. The fourth-order valence-corrected chi connectivity index (χ4v) is 8.80. The van der Waals surface area contributed by atoms with Crippen LogP contribution in [0.1, 0.15) is 24.1 Å². The molecule has 0 unspecified atom stereocenters. The summed E-state index contributed by atoms with van der Waals surface area (Å²) in [5.74, 6) is 7.62. The Morgan fingerprint density at radius 1 is 0.863 bits per heavy atom. The van der Waals surface area contributed by atoms with E-state index in [9.17, 15) is 22.4 Å². The van der Waals surface area contributed by atoms with E-state index in [-0.39, 0.29) is 31.3 Å². The van der Waals surface area contributed by atoms with Crippen molar-refractivity contribution in [1.29, 1.82) is 0 Å². The summed E-state index contributed by atoms with van der Waals surface area (Å²) < 4.78 is 84.8. The molecule has 4 aromatic carbocycles. The van der Waals surface area contributed by atoms with Gasteiger partial charge in [0.25, 0.3) is 5.91 Å². The second-order valence-corrected chi connectivity index (χ2v) is 17.7. The third kappa shape index (κ3) is 14.5. The SMILES string of the molecule is COc1ccc2c(ccc3[nH]c4c(C)cnc(NCCCNCCOCCOCCOCCNC(=O)COc5cccc(NCC#Cc6cc7c(N[C@H]8CCNC[C@H]8F)cccc7n6CC(F)(F)F)c5)c4c32)c1. The predicted molar refractivity (Wildman–Crippen MR) is 279 cm³/mol. The van der Waals surface area contributed by atoms with Crippen LogP contribution >= 0.6 is 0 Å². The van der Waals surface area contributed by atoms with Crippen molar-refractivity contribution < 1.29 is 46.0 Å². The van der Waals surface area contributed by atoms with E-state index in [0.717, 1.165) is 80.3 Å². The van der Waals surface area contributed by atoms with Crippen molar-refractivity contribution in [2.75, 3.05) is 115 Å². The molecule has 0 aliphatic carbocycles. The van der Waals surface area contributed by atoms with Gasteiger partial charge in [-0.2, -0.15) is 13.2 Å². The van der Waals surface area contributed by atoms with Gasteiger partial charge >= 0.3 is 6.18 Å². The molecule has 19 heteroatoms. The minimum Gasteiger partial charge on any atom is -0.497 e. The Morgan fingerprint density at radius 3 is 2.48 bits per heavy atom. The zero-order chi connectivity index (χ0) is 51.0. The van der Waals surface area contributed by atoms with E-state index in [1.165, 1.54) is 0 Å². The predicted octanol–water partition coefficient (Wildman–Crippen LogP) is 7.92. The van der Waals surface area contributed by atoms with Gasteiger partial charge in [0.2, 0.25) is 0 Å². The Hall–Kier alpha value is -6.82. The first-order chi connectivity index (χ1) is 35.5. The summed E-state index contributed by atoms with van der Waals surface area (Å²) in [7, 11) is 1.68. The molecule has 0 radical (unpaired) electrons. The zero-order valence-electron chi connectivity index (χ0n) is 41.1. The van der Waals surface area contributed by atoms with Gasteiger partial charge in [-0.25, -0.2) is 9.37 Å². The zero-order valence-corrected chi connectivity index (χ0v) is 41.1. The van der Waals surface area contributed by atoms with Crippen molar-refractivity contribution in [3.05, 3.63) is 96.3 Å². The molecule has 7 N–H and O–H groups in total. The molecule has 3 aromatic heterocycles. The number of halogens is 4. The number of amides is 1. The third-order valence-electron chi connectivity index (χ3n) is 12.4. The van der Waals surface area contributed by atoms with Gasteiger partial charge < -0.3 is 65.1 Å². The van der Waals surface area contributed by atoms with E-state index in [0.29, 0.717) is 87.2 Å². The molecule has 1 fully saturated rings. The maximum atomic E-state index is 14.6. The van der Waals surface area contributed by atoms with Gasteiger partial charge in [-0.1, -0.05) is 24.1 Å². The van der Waals surface area contributed by atoms with Crippen molar-refractivity contribution in [1.82, 2.24) is 30.5 Å². The molecule has 8 rings (SSSR count). The van der Waals surface area contributed by atoms with Crippen molar-refractivity contribution in [3.8, 4) is 23.3 Å². The van der Waals surface area contributed by atoms with Gasteiger partial charge in [0, 0.05) is 66.1 Å². The summed E-state index contributed by atoms with van der Waals surface area (Å²) in [5.41, 5.74) is 5.01. The average Bonchev–Trinajstić information content (AvgIpc) is 3.96. The minimum absolute atomic E-state index is 0.124. The largest absolute Gasteiger partial charge is 0.497 e. The quantitative estimate of drug-likeness (QED) is 0.0159. The third-order valence-corrected chi connectivity index (χ3v) is 12.4. The number of ether oxygens (including phenoxy) is 5. The molecule has 1 amide bonds. The fourth-order valence-electron chi connectivity index (χ4n) is 8.80. The lowest BCUT2D eigenvalue weighted by atomic mass is 10.0. The number of fused-ring (bicyclic) bond motifs is 6. The van der Waals surface area contributed by atoms with Crippen LogP contribution in [-0.4, -0.2) is 138 Å². The van der Waals surface area contributed by atoms with Crippen LogP contribution in [0.15, 0.2) is 85.1 Å². The molecule has 2 atom stereocenters. The second kappa shape index (κ2) is 25.7. The summed E-state index contributed by atoms with van der Waals surface area (Å²) in [6.45, 7) is 6.82. The lowest BCUT2D eigenvalue weighted by molar-refractivity contribution is -0.140. The summed E-state index contributed by atoms with van der Waals surface area (Å²) >= 11 is 0. The van der Waals surface area contributed by atoms with Crippen LogP contribution in [-0.2, 0) is 25.5 Å². The van der Waals surface area contributed by atoms with Crippen LogP contribution in [0.5, 0.6) is 11.5 Å². The molecular formula is C54H63F4N9O6. The number of hydrogen-bond donors (Lipinski definition) is 7. The molecule has 0 bridgehead atoms. The Bertz CT molecular complexity index is 3010. The first-order valence-corrected chi connectivity index (χ1v) is 24.6. The molecule has 15 nitrogen and oxygen atoms in total. The summed E-state index contributed by atoms with van der Waals surface area (Å²) in [6.07, 6.45) is -2.24. The van der Waals surface area contributed by atoms with Gasteiger partial charge in [0.15, 0.2) is 6.61 Å². The number of aromatic nitrogens is 3. The number of methoxy groups -OCH3 is 1. The maximum Gasteiger partial charge on any atom is 0.406 e. The monoisotopic (exact) mass is 1010 g/mol. The van der Waals surface area contributed by atoms with Crippen molar-refractivity contribution in [2.45, 2.75) is 44.7 Å². The van der Waals surface area contributed by atoms with E-state index in [1.54, 1.807) is 55.6 Å². The lowest BCUT2D eigenvalue weighted by Gasteiger charge is -2.28. The fraction of sp³-hybridized carbons (Fsp3) is 0.407. The van der Waals surface area contributed by atoms with Gasteiger partial charge in [0.05, 0.1) is 81.5 Å². The number of hydrogen-bond acceptors (Lipinski definition) is 12. The molecule has 1 saturated heterocycles. The Balaban J connectivity index is 0.650. The number of piperidine rings is 1. The van der Waals surface area contributed by atoms with Crippen LogP contribution in [0.3, 0.4) is 0 Å². The number of carbonyl (C=O) groups excluding carboxylic acids is 1. The van der Waals surface area contributed by atoms with E-state index in [2.05, 4.69) is 79.9 Å². The summed E-state index contributed by atoms with van der Waals surface area (Å²) in [5, 5.41) is 24.1. The van der Waals surface area contributed by atoms with E-state index >= 15 is 0 Å². The number of carbonyl (C=O) groups is 1. The lowest BCUT2D eigenvalue weighted by Crippen LogP contribution is -2.45. The molecule has 7 aromatic rings. The smallest absolute Gasteiger partial charge is 0.406 e. The molecule has 0 spiro atoms. The first kappa shape index (κ1) is 52.5. The number of nitrogens with zero attached hydrogens (tertiary/aromatic N) is 2. The summed E-state index contributed by atoms with van der Waals surface area (Å²) in [6, 6.07) is 23.5. The highest BCUT2D eigenvalue weighted by molar-refractivity contribution is 6.23. The normalized spacial score (nSPS) is 14.9. The number of H-pyrrole nitrogens is 1. The molecule has 388 valence electrons. The molecule has 0 saturated carbocycles. The van der Waals surface area contributed by atoms with Gasteiger partial charge in [0.1, 0.15) is 30.0 Å². The topological polar surface area (TPSA) is 169 Å². The molecule has 1 aliphatic heterocycles. The second-order valence-electron chi connectivity index (χ2n) is 17.7. The standard InChI is InChI=1S/C54H63F4N9O6/c1-36-32-64-53(51-50-42-14-13-40(69-2)29-37(42)12-15-47(50)66-52(36)51)63-19-6-17-59-21-23-70-25-27-72-28-26-71-24-22-62-49(68)34-73-41-9-3-7-38(30-41)61-18-5-8-39-31-43-45(65-46-16-20-60-33-44(46)55)10-4-11-48(43)67(39)35-54(56,57)58/h3-4,7,9-15,29-32,44,46,59-61,65-66H,6,16-28,33-35H2,1-2H3,(H,62,68)(H,63,64)/t44-,46+/m1/s1. The number of alkyl halides is 4. The van der Waals surface area contributed by atoms with Crippen molar-refractivity contribution in [2.24, 2.45) is 0 Å². The van der Waals surface area contributed by atoms with E-state index < -0.39 is 24.9 Å². The number of rotatable bonds is 26. The Morgan fingerprint density at radius 2 is 1.67 bits per heavy atom. The van der Waals surface area contributed by atoms with Crippen LogP contribution < -0.4 is 41.4 Å². The van der Waals surface area contributed by atoms with Crippen LogP contribution in [0.25, 0.3) is 43.5 Å². The van der Waals surface area contributed by atoms with Crippen LogP contribution in [0.4, 0.5) is 34.8 Å². The molecule has 1 aliphatic rings.